The Morgan fingerprint density at radius 3 is 2.32 bits per heavy atom. The molecule has 0 aliphatic carbocycles. The lowest BCUT2D eigenvalue weighted by Gasteiger charge is -2.25. The van der Waals surface area contributed by atoms with Crippen molar-refractivity contribution in [3.8, 4) is 0 Å². The minimum atomic E-state index is -0.936. The van der Waals surface area contributed by atoms with Crippen molar-refractivity contribution >= 4 is 11.8 Å². The molecule has 0 aromatic carbocycles. The lowest BCUT2D eigenvalue weighted by molar-refractivity contribution is -0.132. The van der Waals surface area contributed by atoms with Gasteiger partial charge in [-0.05, 0) is 20.5 Å². The van der Waals surface area contributed by atoms with Crippen LogP contribution in [-0.4, -0.2) is 84.8 Å². The molecule has 0 saturated carbocycles. The highest BCUT2D eigenvalue weighted by Crippen LogP contribution is 2.06. The van der Waals surface area contributed by atoms with Gasteiger partial charge < -0.3 is 25.3 Å². The van der Waals surface area contributed by atoms with Crippen molar-refractivity contribution in [1.82, 2.24) is 15.1 Å². The molecule has 7 nitrogen and oxygen atoms in total. The fourth-order valence-electron chi connectivity index (χ4n) is 1.84. The number of nitrogens with zero attached hydrogens (tertiary/aromatic N) is 2. The van der Waals surface area contributed by atoms with Gasteiger partial charge in [0.1, 0.15) is 0 Å². The predicted octanol–water partition coefficient (Wildman–Crippen LogP) is -0.718. The zero-order chi connectivity index (χ0) is 17.1. The molecule has 0 aromatic heterocycles. The third-order valence-corrected chi connectivity index (χ3v) is 3.47. The number of nitrogens with one attached hydrogen (secondary N) is 1. The number of amides is 2. The van der Waals surface area contributed by atoms with Crippen LogP contribution in [0.4, 0.5) is 0 Å². The van der Waals surface area contributed by atoms with Gasteiger partial charge in [0.05, 0.1) is 12.7 Å². The summed E-state index contributed by atoms with van der Waals surface area (Å²) in [6.07, 6.45) is 0.0890. The molecule has 0 spiro atoms. The Hall–Kier alpha value is -1.18. The maximum atomic E-state index is 11.9. The lowest BCUT2D eigenvalue weighted by Crippen LogP contribution is -2.40. The highest BCUT2D eigenvalue weighted by molar-refractivity contribution is 5.78. The number of hydrogen-bond acceptors (Lipinski definition) is 5. The van der Waals surface area contributed by atoms with E-state index >= 15 is 0 Å². The zero-order valence-electron chi connectivity index (χ0n) is 14.2. The number of hydrogen-bond donors (Lipinski definition) is 3. The van der Waals surface area contributed by atoms with E-state index in [2.05, 4.69) is 5.32 Å². The molecule has 0 fully saturated rings. The Labute approximate surface area is 133 Å². The minimum Gasteiger partial charge on any atom is -0.394 e. The van der Waals surface area contributed by atoms with Crippen LogP contribution in [0.25, 0.3) is 0 Å². The zero-order valence-corrected chi connectivity index (χ0v) is 14.2. The molecule has 0 radical (unpaired) electrons. The first-order valence-corrected chi connectivity index (χ1v) is 7.80. The number of carbonyl (C=O) groups excluding carboxylic acids is 2. The first kappa shape index (κ1) is 20.8. The first-order valence-electron chi connectivity index (χ1n) is 7.80. The molecule has 0 aliphatic heterocycles. The lowest BCUT2D eigenvalue weighted by atomic mass is 10.1. The summed E-state index contributed by atoms with van der Waals surface area (Å²) < 4.78 is 0. The molecular weight excluding hydrogens is 286 g/mol. The van der Waals surface area contributed by atoms with Crippen LogP contribution in [0.2, 0.25) is 0 Å². The van der Waals surface area contributed by atoms with Crippen LogP contribution in [-0.2, 0) is 9.59 Å². The smallest absolute Gasteiger partial charge is 0.222 e. The van der Waals surface area contributed by atoms with Gasteiger partial charge in [0.25, 0.3) is 0 Å². The largest absolute Gasteiger partial charge is 0.394 e. The van der Waals surface area contributed by atoms with Crippen LogP contribution in [0.5, 0.6) is 0 Å². The van der Waals surface area contributed by atoms with Crippen LogP contribution in [0.1, 0.15) is 26.7 Å². The number of aliphatic hydroxyl groups is 2. The predicted molar refractivity (Wildman–Crippen MR) is 85.3 cm³/mol. The summed E-state index contributed by atoms with van der Waals surface area (Å²) in [5.74, 6) is -0.341. The van der Waals surface area contributed by atoms with Crippen LogP contribution in [0.3, 0.4) is 0 Å². The Balaban J connectivity index is 4.26. The average Bonchev–Trinajstić information content (AvgIpc) is 2.50. The third-order valence-electron chi connectivity index (χ3n) is 3.47. The van der Waals surface area contributed by atoms with E-state index in [1.807, 2.05) is 25.9 Å². The molecule has 130 valence electrons. The van der Waals surface area contributed by atoms with E-state index in [0.29, 0.717) is 25.9 Å². The number of carbonyl (C=O) groups is 2. The van der Waals surface area contributed by atoms with E-state index in [-0.39, 0.29) is 30.9 Å². The van der Waals surface area contributed by atoms with Crippen LogP contribution in [0, 0.1) is 5.92 Å². The molecule has 0 bridgehead atoms. The van der Waals surface area contributed by atoms with Gasteiger partial charge in [-0.2, -0.15) is 0 Å². The van der Waals surface area contributed by atoms with Gasteiger partial charge in [-0.1, -0.05) is 13.8 Å². The molecule has 3 N–H and O–H groups in total. The molecule has 0 aromatic rings. The Morgan fingerprint density at radius 1 is 1.18 bits per heavy atom. The van der Waals surface area contributed by atoms with Crippen molar-refractivity contribution in [2.24, 2.45) is 5.92 Å². The van der Waals surface area contributed by atoms with E-state index in [4.69, 9.17) is 5.11 Å². The molecule has 22 heavy (non-hydrogen) atoms. The summed E-state index contributed by atoms with van der Waals surface area (Å²) in [6.45, 7) is 5.26. The topological polar surface area (TPSA) is 93.1 Å². The van der Waals surface area contributed by atoms with Gasteiger partial charge in [0, 0.05) is 38.5 Å². The second-order valence-electron chi connectivity index (χ2n) is 5.81. The van der Waals surface area contributed by atoms with Gasteiger partial charge in [-0.25, -0.2) is 0 Å². The summed E-state index contributed by atoms with van der Waals surface area (Å²) in [6, 6.07) is 0. The number of likely N-dealkylation sites (N-methyl/N-ethyl adjacent to an activating group) is 1. The summed E-state index contributed by atoms with van der Waals surface area (Å²) in [5, 5.41) is 20.5. The van der Waals surface area contributed by atoms with Crippen LogP contribution >= 0.6 is 0 Å². The van der Waals surface area contributed by atoms with Crippen molar-refractivity contribution in [3.63, 3.8) is 0 Å². The highest BCUT2D eigenvalue weighted by Gasteiger charge is 2.17. The summed E-state index contributed by atoms with van der Waals surface area (Å²) >= 11 is 0. The Bertz CT molecular complexity index is 337. The van der Waals surface area contributed by atoms with Gasteiger partial charge in [0.15, 0.2) is 0 Å². The van der Waals surface area contributed by atoms with Crippen molar-refractivity contribution in [2.45, 2.75) is 32.8 Å². The quantitative estimate of drug-likeness (QED) is 0.468. The fraction of sp³-hybridized carbons (Fsp3) is 0.867. The molecule has 0 heterocycles. The van der Waals surface area contributed by atoms with E-state index in [9.17, 15) is 14.7 Å². The van der Waals surface area contributed by atoms with E-state index < -0.39 is 6.10 Å². The highest BCUT2D eigenvalue weighted by atomic mass is 16.3. The van der Waals surface area contributed by atoms with Crippen LogP contribution < -0.4 is 5.32 Å². The third kappa shape index (κ3) is 8.96. The van der Waals surface area contributed by atoms with Crippen molar-refractivity contribution in [2.75, 3.05) is 46.9 Å². The molecule has 0 aliphatic rings. The van der Waals surface area contributed by atoms with Gasteiger partial charge >= 0.3 is 0 Å². The average molecular weight is 317 g/mol. The van der Waals surface area contributed by atoms with Gasteiger partial charge in [-0.3, -0.25) is 9.59 Å². The molecule has 2 atom stereocenters. The van der Waals surface area contributed by atoms with Crippen LogP contribution in [0.15, 0.2) is 0 Å². The second kappa shape index (κ2) is 11.4. The SMILES string of the molecule is CCC(=O)N(CCC(C)C(=O)NC[C@H](O)CO)CCN(C)C. The maximum Gasteiger partial charge on any atom is 0.222 e. The normalized spacial score (nSPS) is 13.8. The van der Waals surface area contributed by atoms with Crippen molar-refractivity contribution in [3.05, 3.63) is 0 Å². The molecular formula is C15H31N3O4. The van der Waals surface area contributed by atoms with Crippen molar-refractivity contribution in [1.29, 1.82) is 0 Å². The second-order valence-corrected chi connectivity index (χ2v) is 5.81. The molecule has 0 rings (SSSR count). The van der Waals surface area contributed by atoms with Gasteiger partial charge in [0.2, 0.25) is 11.8 Å². The fourth-order valence-corrected chi connectivity index (χ4v) is 1.84. The maximum absolute atomic E-state index is 11.9. The summed E-state index contributed by atoms with van der Waals surface area (Å²) in [4.78, 5) is 27.6. The van der Waals surface area contributed by atoms with E-state index in [1.54, 1.807) is 11.8 Å². The van der Waals surface area contributed by atoms with E-state index in [1.165, 1.54) is 0 Å². The monoisotopic (exact) mass is 317 g/mol. The molecule has 0 saturated heterocycles. The molecule has 7 heteroatoms. The number of aliphatic hydroxyl groups excluding tert-OH is 2. The standard InChI is InChI=1S/C15H31N3O4/c1-5-14(21)18(9-8-17(3)4)7-6-12(2)15(22)16-10-13(20)11-19/h12-13,19-20H,5-11H2,1-4H3,(H,16,22)/t12?,13-/m0/s1. The van der Waals surface area contributed by atoms with E-state index in [0.717, 1.165) is 6.54 Å². The number of rotatable bonds is 11. The summed E-state index contributed by atoms with van der Waals surface area (Å²) in [7, 11) is 3.91. The first-order chi connectivity index (χ1) is 10.3. The molecule has 1 unspecified atom stereocenters. The minimum absolute atomic E-state index is 0.0396. The summed E-state index contributed by atoms with van der Waals surface area (Å²) in [5.41, 5.74) is 0. The molecule has 2 amide bonds. The Kier molecular flexibility index (Phi) is 10.8. The van der Waals surface area contributed by atoms with Crippen molar-refractivity contribution < 1.29 is 19.8 Å². The Morgan fingerprint density at radius 2 is 1.82 bits per heavy atom. The van der Waals surface area contributed by atoms with Gasteiger partial charge in [-0.15, -0.1) is 0 Å².